The van der Waals surface area contributed by atoms with E-state index in [0.717, 1.165) is 39.9 Å². The van der Waals surface area contributed by atoms with Gasteiger partial charge in [-0.2, -0.15) is 0 Å². The lowest BCUT2D eigenvalue weighted by molar-refractivity contribution is -0.318. The number of hydrogen-bond donors (Lipinski definition) is 11. The summed E-state index contributed by atoms with van der Waals surface area (Å²) in [5.41, 5.74) is 45.0. The molecule has 2 saturated heterocycles. The molecule has 18 N–H and O–H groups in total. The smallest absolute Gasteiger partial charge is 0.239 e. The molecule has 346 valence electrons. The number of ether oxygens (including phenoxy) is 5. The van der Waals surface area contributed by atoms with Crippen molar-refractivity contribution >= 4 is 39.1 Å². The first-order chi connectivity index (χ1) is 29.8. The molecule has 6 rings (SSSR count). The minimum Gasteiger partial charge on any atom is -0.394 e. The fourth-order valence-corrected chi connectivity index (χ4v) is 9.21. The lowest BCUT2D eigenvalue weighted by atomic mass is 9.84. The number of nitrogens with two attached hydrogens (primary N) is 7. The van der Waals surface area contributed by atoms with Gasteiger partial charge in [-0.15, -0.1) is 0 Å². The number of amides is 1. The summed E-state index contributed by atoms with van der Waals surface area (Å²) >= 11 is 6.92. The second kappa shape index (κ2) is 22.5. The number of unbranched alkanes of at least 4 members (excludes halogenated alkanes) is 2. The van der Waals surface area contributed by atoms with Gasteiger partial charge in [0.25, 0.3) is 0 Å². The number of aliphatic hydroxyl groups excluding tert-OH is 4. The molecule has 2 heterocycles. The van der Waals surface area contributed by atoms with E-state index in [0.29, 0.717) is 37.4 Å². The van der Waals surface area contributed by atoms with Gasteiger partial charge >= 0.3 is 0 Å². The predicted molar refractivity (Wildman–Crippen MR) is 234 cm³/mol. The summed E-state index contributed by atoms with van der Waals surface area (Å²) in [6, 6.07) is 11.7. The van der Waals surface area contributed by atoms with Crippen molar-refractivity contribution < 1.29 is 48.9 Å². The number of fused-ring (bicyclic) bond motifs is 2. The first-order valence-corrected chi connectivity index (χ1v) is 22.1. The summed E-state index contributed by atoms with van der Waals surface area (Å²) in [7, 11) is 0. The Morgan fingerprint density at radius 2 is 1.37 bits per heavy atom. The minimum absolute atomic E-state index is 0.0264. The van der Waals surface area contributed by atoms with Gasteiger partial charge in [0, 0.05) is 49.1 Å². The second-order valence-electron chi connectivity index (χ2n) is 16.9. The van der Waals surface area contributed by atoms with Crippen LogP contribution in [0.5, 0.6) is 0 Å². The highest BCUT2D eigenvalue weighted by atomic mass is 35.5. The van der Waals surface area contributed by atoms with Crippen molar-refractivity contribution in [1.29, 1.82) is 0 Å². The Bertz CT molecular complexity index is 1850. The van der Waals surface area contributed by atoms with Gasteiger partial charge in [-0.1, -0.05) is 66.6 Å². The van der Waals surface area contributed by atoms with Gasteiger partial charge in [-0.25, -0.2) is 0 Å². The Labute approximate surface area is 367 Å². The van der Waals surface area contributed by atoms with Gasteiger partial charge in [0.05, 0.1) is 42.0 Å². The number of carbonyl (C=O) groups is 1. The summed E-state index contributed by atoms with van der Waals surface area (Å²) < 4.78 is 31.1. The number of halogens is 1. The number of hydrogen-bond acceptors (Lipinski definition) is 17. The normalized spacial score (nSPS) is 33.5. The molecule has 15 atom stereocenters. The highest BCUT2D eigenvalue weighted by Gasteiger charge is 2.51. The summed E-state index contributed by atoms with van der Waals surface area (Å²) in [6.07, 6.45) is -7.64. The molecule has 1 amide bonds. The number of rotatable bonds is 19. The summed E-state index contributed by atoms with van der Waals surface area (Å²) in [5.74, 6) is -0.183. The quantitative estimate of drug-likeness (QED) is 0.0505. The van der Waals surface area contributed by atoms with Crippen LogP contribution in [-0.2, 0) is 35.0 Å². The molecule has 0 bridgehead atoms. The molecule has 18 nitrogen and oxygen atoms in total. The molecule has 0 unspecified atom stereocenters. The molecule has 1 aliphatic carbocycles. The van der Waals surface area contributed by atoms with Crippen molar-refractivity contribution in [1.82, 2.24) is 4.90 Å². The van der Waals surface area contributed by atoms with Gasteiger partial charge in [0.2, 0.25) is 5.91 Å². The van der Waals surface area contributed by atoms with Crippen LogP contribution in [0.15, 0.2) is 48.5 Å². The van der Waals surface area contributed by atoms with Gasteiger partial charge in [0.15, 0.2) is 12.6 Å². The van der Waals surface area contributed by atoms with Crippen molar-refractivity contribution in [3.8, 4) is 0 Å². The molecular weight excluding hydrogens is 824 g/mol. The standard InChI is InChI=1S/C43H67ClN8O10/c44-34-24-11-3-1-9-22(24)26(23-10-2-4-12-25(23)34)20-52(41(57)27(47)13-5-6-14-45)15-7-8-16-58-40-38(61-42-30(50)18-31(54)32(19-46)59-42)28(48)17-29(49)39(40)62-43-37(56)35(51)36(55)33(21-53)60-43/h1-4,9-12,27-33,35-40,42-43,53-56H,5-8,13-21,45-51H2/t27-,28-,29+,30+,31-,32+,33+,35-,36+,37+,38+,39-,40-,42+,43+/m0/s1. The van der Waals surface area contributed by atoms with Gasteiger partial charge in [0.1, 0.15) is 36.6 Å². The third-order valence-electron chi connectivity index (χ3n) is 12.4. The molecule has 0 radical (unpaired) electrons. The highest BCUT2D eigenvalue weighted by molar-refractivity contribution is 6.41. The van der Waals surface area contributed by atoms with Crippen LogP contribution < -0.4 is 40.1 Å². The van der Waals surface area contributed by atoms with Crippen molar-refractivity contribution in [3.05, 3.63) is 59.1 Å². The van der Waals surface area contributed by atoms with Crippen LogP contribution in [0, 0.1) is 0 Å². The Hall–Kier alpha value is -2.70. The van der Waals surface area contributed by atoms with E-state index in [-0.39, 0.29) is 38.4 Å². The zero-order chi connectivity index (χ0) is 44.7. The molecule has 62 heavy (non-hydrogen) atoms. The fraction of sp³-hybridized carbons (Fsp3) is 0.651. The van der Waals surface area contributed by atoms with Crippen molar-refractivity contribution in [2.75, 3.05) is 32.8 Å². The third kappa shape index (κ3) is 11.0. The maximum absolute atomic E-state index is 14.2. The molecule has 1 saturated carbocycles. The topological polar surface area (TPSA) is 330 Å². The number of carbonyl (C=O) groups excluding carboxylic acids is 1. The second-order valence-corrected chi connectivity index (χ2v) is 17.2. The van der Waals surface area contributed by atoms with Gasteiger partial charge in [-0.3, -0.25) is 4.79 Å². The molecule has 3 aliphatic rings. The van der Waals surface area contributed by atoms with Crippen molar-refractivity contribution in [3.63, 3.8) is 0 Å². The first kappa shape index (κ1) is 48.7. The summed E-state index contributed by atoms with van der Waals surface area (Å²) in [6.45, 7) is 0.722. The van der Waals surface area contributed by atoms with Gasteiger partial charge < -0.3 is 89.1 Å². The maximum atomic E-state index is 14.2. The highest BCUT2D eigenvalue weighted by Crippen LogP contribution is 2.37. The SMILES string of the molecule is NCCCC[C@H](N)C(=O)N(CCCCO[C@@H]1[C@@H](O[C@H]2O[C@H](CO)[C@@H](O)[C@H](N)[C@H]2O)[C@H](N)C[C@H](N)[C@H]1O[C@H]1O[C@H](CN)[C@@H](O)C[C@H]1N)Cc1c2ccccc2c(Cl)c2ccccc12. The van der Waals surface area contributed by atoms with Crippen LogP contribution in [-0.4, -0.2) is 156 Å². The Balaban J connectivity index is 1.22. The van der Waals surface area contributed by atoms with E-state index in [2.05, 4.69) is 0 Å². The predicted octanol–water partition coefficient (Wildman–Crippen LogP) is -1.05. The maximum Gasteiger partial charge on any atom is 0.239 e. The number of nitrogens with zero attached hydrogens (tertiary/aromatic N) is 1. The molecule has 2 aliphatic heterocycles. The fourth-order valence-electron chi connectivity index (χ4n) is 8.88. The van der Waals surface area contributed by atoms with Crippen molar-refractivity contribution in [2.24, 2.45) is 40.1 Å². The van der Waals surface area contributed by atoms with Gasteiger partial charge in [-0.05, 0) is 61.4 Å². The van der Waals surface area contributed by atoms with E-state index in [1.165, 1.54) is 0 Å². The van der Waals surface area contributed by atoms with Crippen LogP contribution in [0.25, 0.3) is 21.5 Å². The minimum atomic E-state index is -1.49. The Kier molecular flexibility index (Phi) is 17.7. The van der Waals surface area contributed by atoms with Crippen LogP contribution >= 0.6 is 11.6 Å². The lowest BCUT2D eigenvalue weighted by Crippen LogP contribution is -2.68. The van der Waals surface area contributed by atoms with E-state index in [1.54, 1.807) is 4.90 Å². The first-order valence-electron chi connectivity index (χ1n) is 21.7. The zero-order valence-electron chi connectivity index (χ0n) is 35.1. The van der Waals surface area contributed by atoms with E-state index in [4.69, 9.17) is 75.4 Å². The van der Waals surface area contributed by atoms with Crippen LogP contribution in [0.3, 0.4) is 0 Å². The third-order valence-corrected chi connectivity index (χ3v) is 12.9. The van der Waals surface area contributed by atoms with Crippen LogP contribution in [0.2, 0.25) is 5.02 Å². The molecule has 3 fully saturated rings. The number of benzene rings is 3. The monoisotopic (exact) mass is 890 g/mol. The van der Waals surface area contributed by atoms with E-state index >= 15 is 0 Å². The molecule has 3 aromatic rings. The Morgan fingerprint density at radius 1 is 0.774 bits per heavy atom. The molecular formula is C43H67ClN8O10. The molecule has 3 aromatic carbocycles. The van der Waals surface area contributed by atoms with Crippen LogP contribution in [0.1, 0.15) is 50.5 Å². The summed E-state index contributed by atoms with van der Waals surface area (Å²) in [5, 5.41) is 46.2. The van der Waals surface area contributed by atoms with E-state index in [1.807, 2.05) is 48.5 Å². The van der Waals surface area contributed by atoms with Crippen LogP contribution in [0.4, 0.5) is 0 Å². The largest absolute Gasteiger partial charge is 0.394 e. The van der Waals surface area contributed by atoms with E-state index < -0.39 is 98.2 Å². The van der Waals surface area contributed by atoms with E-state index in [9.17, 15) is 25.2 Å². The summed E-state index contributed by atoms with van der Waals surface area (Å²) in [4.78, 5) is 16.0. The van der Waals surface area contributed by atoms with Crippen molar-refractivity contribution in [2.45, 2.75) is 143 Å². The Morgan fingerprint density at radius 3 is 1.97 bits per heavy atom. The lowest BCUT2D eigenvalue weighted by Gasteiger charge is -2.49. The molecule has 0 spiro atoms. The molecule has 19 heteroatoms. The average molecular weight is 892 g/mol. The molecule has 0 aromatic heterocycles. The average Bonchev–Trinajstić information content (AvgIpc) is 3.26. The number of aliphatic hydroxyl groups is 4. The zero-order valence-corrected chi connectivity index (χ0v) is 35.8.